The van der Waals surface area contributed by atoms with Crippen molar-refractivity contribution in [2.75, 3.05) is 27.2 Å². The van der Waals surface area contributed by atoms with Crippen molar-refractivity contribution in [1.82, 2.24) is 0 Å². The zero-order valence-electron chi connectivity index (χ0n) is 11.1. The van der Waals surface area contributed by atoms with Crippen molar-refractivity contribution in [3.63, 3.8) is 0 Å². The molecule has 0 bridgehead atoms. The molecule has 0 aliphatic heterocycles. The summed E-state index contributed by atoms with van der Waals surface area (Å²) in [5, 5.41) is 25.3. The fraction of sp³-hybridized carbons (Fsp3) is 1.00. The molecule has 0 atom stereocenters. The minimum absolute atomic E-state index is 0.125. The molecule has 0 unspecified atom stereocenters. The minimum Gasteiger partial charge on any atom is -0.421 e. The van der Waals surface area contributed by atoms with E-state index >= 15 is 0 Å². The van der Waals surface area contributed by atoms with E-state index in [0.717, 1.165) is 4.13 Å². The van der Waals surface area contributed by atoms with E-state index in [-0.39, 0.29) is 24.7 Å². The summed E-state index contributed by atoms with van der Waals surface area (Å²) in [5.74, 6) is 0. The Balaban J connectivity index is 0. The normalized spacial score (nSPS) is 14.2. The van der Waals surface area contributed by atoms with E-state index in [1.54, 1.807) is 7.05 Å². The molecule has 0 saturated carbocycles. The molecule has 3 N–H and O–H groups in total. The number of hydrogen-bond acceptors (Lipinski definition) is 7. The lowest BCUT2D eigenvalue weighted by atomic mass is 10.7. The van der Waals surface area contributed by atoms with Crippen LogP contribution in [0.1, 0.15) is 0 Å². The van der Waals surface area contributed by atoms with Crippen LogP contribution in [0, 0.1) is 0 Å². The molecule has 9 nitrogen and oxygen atoms in total. The molecule has 23 heavy (non-hydrogen) atoms. The molecule has 0 heterocycles. The number of rotatable bonds is 5. The zero-order valence-corrected chi connectivity index (χ0v) is 12.7. The van der Waals surface area contributed by atoms with Gasteiger partial charge in [-0.05, 0) is 0 Å². The summed E-state index contributed by atoms with van der Waals surface area (Å²) in [7, 11) is -11.9. The summed E-state index contributed by atoms with van der Waals surface area (Å²) < 4.78 is 109. The third-order valence-corrected chi connectivity index (χ3v) is 4.55. The topological polar surface area (TPSA) is 143 Å². The van der Waals surface area contributed by atoms with Gasteiger partial charge in [0.15, 0.2) is 40.2 Å². The van der Waals surface area contributed by atoms with Crippen molar-refractivity contribution in [3.05, 3.63) is 4.13 Å². The Labute approximate surface area is 126 Å². The van der Waals surface area contributed by atoms with E-state index in [4.69, 9.17) is 15.3 Å². The molecular weight excluding hydrogens is 390 g/mol. The Morgan fingerprint density at radius 2 is 1.00 bits per heavy atom. The van der Waals surface area contributed by atoms with Crippen LogP contribution in [-0.2, 0) is 20.0 Å². The monoisotopic (exact) mass is 402 g/mol. The molecule has 0 amide bonds. The third-order valence-electron chi connectivity index (χ3n) is 1.81. The van der Waals surface area contributed by atoms with Crippen molar-refractivity contribution < 1.29 is 63.0 Å². The van der Waals surface area contributed by atoms with Crippen LogP contribution in [0.4, 0.5) is 26.3 Å². The molecule has 0 spiro atoms. The lowest BCUT2D eigenvalue weighted by molar-refractivity contribution is -0.959. The van der Waals surface area contributed by atoms with Crippen LogP contribution in [0.3, 0.4) is 0 Å². The molecule has 0 saturated heterocycles. The fourth-order valence-corrected chi connectivity index (χ4v) is 2.06. The van der Waals surface area contributed by atoms with Gasteiger partial charge in [0.25, 0.3) is 0 Å². The molecule has 0 rings (SSSR count). The van der Waals surface area contributed by atoms with Crippen LogP contribution in [0.25, 0.3) is 4.13 Å². The van der Waals surface area contributed by atoms with E-state index < -0.39 is 31.1 Å². The molecule has 0 radical (unpaired) electrons. The lowest BCUT2D eigenvalue weighted by Crippen LogP contribution is -2.46. The van der Waals surface area contributed by atoms with Crippen LogP contribution in [0.5, 0.6) is 0 Å². The van der Waals surface area contributed by atoms with Crippen LogP contribution in [0.2, 0.25) is 0 Å². The highest BCUT2D eigenvalue weighted by molar-refractivity contribution is 8.13. The summed E-state index contributed by atoms with van der Waals surface area (Å²) >= 11 is 0. The van der Waals surface area contributed by atoms with Gasteiger partial charge in [0.1, 0.15) is 0 Å². The smallest absolute Gasteiger partial charge is 0.421 e. The molecule has 0 aliphatic carbocycles. The maximum atomic E-state index is 11.4. The van der Waals surface area contributed by atoms with E-state index in [9.17, 15) is 43.2 Å². The number of quaternary nitrogens is 1. The summed E-state index contributed by atoms with van der Waals surface area (Å²) in [5.41, 5.74) is -12.4. The van der Waals surface area contributed by atoms with E-state index in [1.807, 2.05) is 0 Å². The Hall–Kier alpha value is -0.720. The van der Waals surface area contributed by atoms with Crippen LogP contribution >= 0.6 is 0 Å². The molecule has 0 aromatic rings. The summed E-state index contributed by atoms with van der Waals surface area (Å²) in [4.78, 5) is 0. The number of aliphatic hydroxyl groups excluding tert-OH is 3. The summed E-state index contributed by atoms with van der Waals surface area (Å²) in [6, 6.07) is 0. The third kappa shape index (κ3) is 7.59. The molecule has 0 aromatic heterocycles. The molecule has 0 fully saturated rings. The Kier molecular flexibility index (Phi) is 8.43. The second-order valence-electron chi connectivity index (χ2n) is 3.96. The SMILES string of the molecule is C[N+](CO)(CO)CO.O=S(=O)([N-]S(=O)(=O)C(F)(F)F)C(F)(F)F. The number of sulfonamides is 2. The van der Waals surface area contributed by atoms with Crippen LogP contribution in [-0.4, -0.2) is 74.9 Å². The van der Waals surface area contributed by atoms with Crippen LogP contribution in [0.15, 0.2) is 0 Å². The standard InChI is InChI=1S/C4H12NO3.C2F6NO4S2/c1-5(2-6,3-7)4-8;3-1(4,5)14(10,11)9-15(12,13)2(6,7)8/h6-8H,2-4H2,1H3;/q+1;-1. The first kappa shape index (κ1) is 24.5. The van der Waals surface area contributed by atoms with Gasteiger partial charge in [0, 0.05) is 0 Å². The predicted molar refractivity (Wildman–Crippen MR) is 60.8 cm³/mol. The zero-order chi connectivity index (χ0) is 19.3. The minimum atomic E-state index is -6.72. The summed E-state index contributed by atoms with van der Waals surface area (Å²) in [6.45, 7) is -0.729. The summed E-state index contributed by atoms with van der Waals surface area (Å²) in [6.07, 6.45) is 0. The van der Waals surface area contributed by atoms with Crippen molar-refractivity contribution in [2.45, 2.75) is 11.0 Å². The average Bonchev–Trinajstić information content (AvgIpc) is 2.34. The lowest BCUT2D eigenvalue weighted by Gasteiger charge is -2.25. The highest BCUT2D eigenvalue weighted by Crippen LogP contribution is 2.36. The van der Waals surface area contributed by atoms with E-state index in [1.165, 1.54) is 0 Å². The number of aliphatic hydroxyl groups is 3. The number of nitrogens with zero attached hydrogens (tertiary/aromatic N) is 2. The largest absolute Gasteiger partial charge is 0.480 e. The number of halogens is 6. The van der Waals surface area contributed by atoms with Gasteiger partial charge in [-0.1, -0.05) is 0 Å². The Bertz CT molecular complexity index is 515. The molecular formula is C6H12F6N2O7S2. The number of alkyl halides is 6. The van der Waals surface area contributed by atoms with Gasteiger partial charge in [-0.3, -0.25) is 4.48 Å². The molecule has 0 aromatic carbocycles. The van der Waals surface area contributed by atoms with Gasteiger partial charge in [-0.15, -0.1) is 0 Å². The van der Waals surface area contributed by atoms with Crippen molar-refractivity contribution in [1.29, 1.82) is 0 Å². The average molecular weight is 402 g/mol. The highest BCUT2D eigenvalue weighted by Gasteiger charge is 2.46. The van der Waals surface area contributed by atoms with Crippen molar-refractivity contribution >= 4 is 20.0 Å². The van der Waals surface area contributed by atoms with Gasteiger partial charge in [0.05, 0.1) is 7.05 Å². The second-order valence-corrected chi connectivity index (χ2v) is 7.38. The van der Waals surface area contributed by atoms with Gasteiger partial charge in [-0.2, -0.15) is 26.3 Å². The highest BCUT2D eigenvalue weighted by atomic mass is 32.3. The van der Waals surface area contributed by atoms with Crippen molar-refractivity contribution in [3.8, 4) is 0 Å². The molecule has 17 heteroatoms. The Morgan fingerprint density at radius 3 is 1.09 bits per heavy atom. The molecule has 142 valence electrons. The van der Waals surface area contributed by atoms with Gasteiger partial charge < -0.3 is 19.4 Å². The first-order valence-corrected chi connectivity index (χ1v) is 7.80. The maximum Gasteiger partial charge on any atom is 0.480 e. The Morgan fingerprint density at radius 1 is 0.783 bits per heavy atom. The first-order chi connectivity index (χ1) is 9.89. The first-order valence-electron chi connectivity index (χ1n) is 4.92. The predicted octanol–water partition coefficient (Wildman–Crippen LogP) is -0.658. The fourth-order valence-electron chi connectivity index (χ4n) is 0.348. The van der Waals surface area contributed by atoms with Gasteiger partial charge in [0.2, 0.25) is 0 Å². The van der Waals surface area contributed by atoms with Gasteiger partial charge in [-0.25, -0.2) is 16.8 Å². The van der Waals surface area contributed by atoms with Crippen LogP contribution < -0.4 is 0 Å². The van der Waals surface area contributed by atoms with E-state index in [0.29, 0.717) is 0 Å². The quantitative estimate of drug-likeness (QED) is 0.315. The maximum absolute atomic E-state index is 11.4. The van der Waals surface area contributed by atoms with Crippen molar-refractivity contribution in [2.24, 2.45) is 0 Å². The van der Waals surface area contributed by atoms with Gasteiger partial charge >= 0.3 is 11.0 Å². The van der Waals surface area contributed by atoms with E-state index in [2.05, 4.69) is 0 Å². The number of hydrogen-bond donors (Lipinski definition) is 3. The second kappa shape index (κ2) is 7.90. The molecule has 0 aliphatic rings.